The number of azo groups is 1. The summed E-state index contributed by atoms with van der Waals surface area (Å²) >= 11 is 0. The number of fused-ring (bicyclic) bond motifs is 1. The lowest BCUT2D eigenvalue weighted by atomic mass is 10.2. The Morgan fingerprint density at radius 1 is 0.963 bits per heavy atom. The molecule has 1 aromatic carbocycles. The van der Waals surface area contributed by atoms with E-state index in [4.69, 9.17) is 9.47 Å². The molecule has 0 unspecified atom stereocenters. The van der Waals surface area contributed by atoms with Crippen molar-refractivity contribution in [3.05, 3.63) is 24.3 Å². The van der Waals surface area contributed by atoms with Crippen molar-refractivity contribution in [2.45, 2.75) is 52.7 Å². The molecular formula is C18H25N5O4. The molecule has 2 amide bonds. The fourth-order valence-corrected chi connectivity index (χ4v) is 2.13. The summed E-state index contributed by atoms with van der Waals surface area (Å²) < 4.78 is 10.3. The van der Waals surface area contributed by atoms with Crippen molar-refractivity contribution in [2.24, 2.45) is 10.2 Å². The highest BCUT2D eigenvalue weighted by Gasteiger charge is 2.18. The molecule has 0 aliphatic carbocycles. The zero-order valence-corrected chi connectivity index (χ0v) is 16.3. The van der Waals surface area contributed by atoms with Crippen LogP contribution in [0.25, 0.3) is 10.8 Å². The fraction of sp³-hybridized carbons (Fsp3) is 0.444. The van der Waals surface area contributed by atoms with Gasteiger partial charge in [0.15, 0.2) is 5.82 Å². The Hall–Kier alpha value is -3.10. The first-order valence-electron chi connectivity index (χ1n) is 8.45. The number of amides is 2. The molecule has 9 heteroatoms. The van der Waals surface area contributed by atoms with Gasteiger partial charge in [-0.05, 0) is 41.5 Å². The Morgan fingerprint density at radius 2 is 1.56 bits per heavy atom. The number of carbonyl (C=O) groups is 2. The van der Waals surface area contributed by atoms with Crippen molar-refractivity contribution in [1.82, 2.24) is 10.4 Å². The van der Waals surface area contributed by atoms with Crippen molar-refractivity contribution < 1.29 is 19.1 Å². The molecule has 0 saturated carbocycles. The summed E-state index contributed by atoms with van der Waals surface area (Å²) in [4.78, 5) is 26.5. The summed E-state index contributed by atoms with van der Waals surface area (Å²) in [6.07, 6.45) is -1.42. The highest BCUT2D eigenvalue weighted by Crippen LogP contribution is 2.32. The van der Waals surface area contributed by atoms with Gasteiger partial charge in [0.1, 0.15) is 17.0 Å². The highest BCUT2D eigenvalue weighted by molar-refractivity contribution is 6.00. The third-order valence-corrected chi connectivity index (χ3v) is 3.01. The summed E-state index contributed by atoms with van der Waals surface area (Å²) in [7, 11) is 0. The van der Waals surface area contributed by atoms with Crippen LogP contribution >= 0.6 is 0 Å². The standard InChI is InChI=1S/C18H25N5O4/c1-17(2,3)26-15(24)22-20-13-11-9-7-8-10-12(11)14(19-13)21-23-16(25)27-18(4,5)6/h7-10,19-20H,1-6H3,(H,22,24)/b23-21+. The largest absolute Gasteiger partial charge is 0.453 e. The van der Waals surface area contributed by atoms with E-state index in [1.807, 2.05) is 24.3 Å². The smallest absolute Gasteiger partial charge is 0.443 e. The maximum Gasteiger partial charge on any atom is 0.453 e. The molecule has 9 nitrogen and oxygen atoms in total. The molecule has 146 valence electrons. The Bertz CT molecular complexity index is 859. The van der Waals surface area contributed by atoms with E-state index < -0.39 is 23.4 Å². The van der Waals surface area contributed by atoms with E-state index in [0.29, 0.717) is 11.6 Å². The maximum atomic E-state index is 11.8. The van der Waals surface area contributed by atoms with Crippen LogP contribution < -0.4 is 10.9 Å². The van der Waals surface area contributed by atoms with E-state index in [1.165, 1.54) is 0 Å². The first-order valence-corrected chi connectivity index (χ1v) is 8.45. The number of rotatable bonds is 3. The van der Waals surface area contributed by atoms with Gasteiger partial charge in [0.2, 0.25) is 0 Å². The lowest BCUT2D eigenvalue weighted by Gasteiger charge is -2.19. The zero-order valence-electron chi connectivity index (χ0n) is 16.3. The van der Waals surface area contributed by atoms with Gasteiger partial charge < -0.3 is 14.5 Å². The number of aromatic amines is 1. The molecule has 0 atom stereocenters. The lowest BCUT2D eigenvalue weighted by molar-refractivity contribution is 0.0538. The van der Waals surface area contributed by atoms with E-state index >= 15 is 0 Å². The molecule has 0 aliphatic heterocycles. The van der Waals surface area contributed by atoms with Crippen LogP contribution in [0.4, 0.5) is 21.2 Å². The van der Waals surface area contributed by atoms with Gasteiger partial charge in [-0.15, -0.1) is 5.11 Å². The number of H-pyrrole nitrogens is 1. The number of hydrazine groups is 1. The van der Waals surface area contributed by atoms with Gasteiger partial charge in [-0.25, -0.2) is 15.0 Å². The number of anilines is 1. The van der Waals surface area contributed by atoms with Crippen LogP contribution in [0.2, 0.25) is 0 Å². The van der Waals surface area contributed by atoms with E-state index in [-0.39, 0.29) is 0 Å². The summed E-state index contributed by atoms with van der Waals surface area (Å²) in [6, 6.07) is 7.31. The van der Waals surface area contributed by atoms with Crippen LogP contribution in [0.1, 0.15) is 41.5 Å². The first kappa shape index (κ1) is 20.2. The number of hydrogen-bond acceptors (Lipinski definition) is 6. The van der Waals surface area contributed by atoms with Crippen LogP contribution in [0.5, 0.6) is 0 Å². The average molecular weight is 375 g/mol. The first-order chi connectivity index (χ1) is 12.4. The molecule has 1 heterocycles. The molecule has 0 saturated heterocycles. The van der Waals surface area contributed by atoms with Gasteiger partial charge in [0.25, 0.3) is 0 Å². The quantitative estimate of drug-likeness (QED) is 0.513. The second-order valence-electron chi connectivity index (χ2n) is 7.83. The number of hydrogen-bond donors (Lipinski definition) is 3. The number of nitrogens with zero attached hydrogens (tertiary/aromatic N) is 2. The van der Waals surface area contributed by atoms with E-state index in [0.717, 1.165) is 10.8 Å². The lowest BCUT2D eigenvalue weighted by Crippen LogP contribution is -2.35. The average Bonchev–Trinajstić information content (AvgIpc) is 2.86. The predicted molar refractivity (Wildman–Crippen MR) is 102 cm³/mol. The molecule has 0 radical (unpaired) electrons. The topological polar surface area (TPSA) is 117 Å². The van der Waals surface area contributed by atoms with Gasteiger partial charge in [-0.3, -0.25) is 5.43 Å². The maximum absolute atomic E-state index is 11.8. The van der Waals surface area contributed by atoms with E-state index in [1.54, 1.807) is 41.5 Å². The van der Waals surface area contributed by atoms with Crippen LogP contribution in [0.15, 0.2) is 34.5 Å². The SMILES string of the molecule is CC(C)(C)OC(=O)/N=N/c1[nH]c(NNC(=O)OC(C)(C)C)c2ccccc12. The summed E-state index contributed by atoms with van der Waals surface area (Å²) in [6.45, 7) is 10.5. The molecule has 0 aliphatic rings. The Morgan fingerprint density at radius 3 is 2.15 bits per heavy atom. The van der Waals surface area contributed by atoms with Crippen molar-refractivity contribution in [3.63, 3.8) is 0 Å². The minimum Gasteiger partial charge on any atom is -0.443 e. The summed E-state index contributed by atoms with van der Waals surface area (Å²) in [5, 5.41) is 8.99. The third-order valence-electron chi connectivity index (χ3n) is 3.01. The molecule has 3 N–H and O–H groups in total. The second kappa shape index (κ2) is 7.65. The molecule has 2 aromatic rings. The number of ether oxygens (including phenoxy) is 2. The normalized spacial score (nSPS) is 12.2. The van der Waals surface area contributed by atoms with Crippen molar-refractivity contribution in [2.75, 3.05) is 5.43 Å². The van der Waals surface area contributed by atoms with Crippen molar-refractivity contribution >= 4 is 34.6 Å². The monoisotopic (exact) mass is 375 g/mol. The van der Waals surface area contributed by atoms with Crippen molar-refractivity contribution in [1.29, 1.82) is 0 Å². The van der Waals surface area contributed by atoms with Crippen LogP contribution in [-0.2, 0) is 9.47 Å². The van der Waals surface area contributed by atoms with Gasteiger partial charge in [-0.1, -0.05) is 29.4 Å². The molecule has 27 heavy (non-hydrogen) atoms. The number of aromatic nitrogens is 1. The Kier molecular flexibility index (Phi) is 5.72. The van der Waals surface area contributed by atoms with Gasteiger partial charge in [0, 0.05) is 10.8 Å². The van der Waals surface area contributed by atoms with Crippen LogP contribution in [-0.4, -0.2) is 28.4 Å². The number of benzene rings is 1. The minimum absolute atomic E-state index is 0.352. The van der Waals surface area contributed by atoms with Crippen LogP contribution in [0, 0.1) is 0 Å². The molecule has 1 aromatic heterocycles. The molecule has 0 spiro atoms. The van der Waals surface area contributed by atoms with Crippen LogP contribution in [0.3, 0.4) is 0 Å². The minimum atomic E-state index is -0.789. The predicted octanol–water partition coefficient (Wildman–Crippen LogP) is 5.04. The number of carbonyl (C=O) groups excluding carboxylic acids is 2. The fourth-order valence-electron chi connectivity index (χ4n) is 2.13. The molecular weight excluding hydrogens is 350 g/mol. The highest BCUT2D eigenvalue weighted by atomic mass is 16.6. The van der Waals surface area contributed by atoms with E-state index in [2.05, 4.69) is 26.1 Å². The number of nitrogens with one attached hydrogen (secondary N) is 3. The van der Waals surface area contributed by atoms with Gasteiger partial charge in [-0.2, -0.15) is 0 Å². The molecule has 0 bridgehead atoms. The van der Waals surface area contributed by atoms with E-state index in [9.17, 15) is 9.59 Å². The van der Waals surface area contributed by atoms with Crippen molar-refractivity contribution in [3.8, 4) is 0 Å². The summed E-state index contributed by atoms with van der Waals surface area (Å²) in [5.74, 6) is 0.833. The Balaban J connectivity index is 2.18. The molecule has 2 rings (SSSR count). The van der Waals surface area contributed by atoms with Gasteiger partial charge in [0.05, 0.1) is 0 Å². The third kappa shape index (κ3) is 6.28. The van der Waals surface area contributed by atoms with Gasteiger partial charge >= 0.3 is 12.2 Å². The zero-order chi connectivity index (χ0) is 20.2. The molecule has 0 fully saturated rings. The Labute approximate surface area is 157 Å². The second-order valence-corrected chi connectivity index (χ2v) is 7.83. The summed E-state index contributed by atoms with van der Waals surface area (Å²) in [5.41, 5.74) is 3.94.